The van der Waals surface area contributed by atoms with Gasteiger partial charge in [-0.05, 0) is 37.3 Å². The van der Waals surface area contributed by atoms with E-state index in [4.69, 9.17) is 9.47 Å². The number of anilines is 2. The van der Waals surface area contributed by atoms with E-state index >= 15 is 0 Å². The van der Waals surface area contributed by atoms with E-state index in [1.807, 2.05) is 0 Å². The van der Waals surface area contributed by atoms with Crippen LogP contribution in [0.3, 0.4) is 0 Å². The van der Waals surface area contributed by atoms with Gasteiger partial charge in [0.2, 0.25) is 5.91 Å². The molecule has 4 N–H and O–H groups in total. The monoisotopic (exact) mass is 356 g/mol. The summed E-state index contributed by atoms with van der Waals surface area (Å²) in [6.45, 7) is 1.75. The smallest absolute Gasteiger partial charge is 0.323 e. The Bertz CT molecular complexity index is 992. The molecule has 2 aromatic carbocycles. The standard InChI is InChI=1S/C18H20N4O4/c1-10(19-14-7-5-12(25-2)9-16(14)26-3)17(23)20-11-4-6-13-15(8-11)22-18(24)21-13/h4-10,19H,1-3H3,(H,20,23)(H2,21,22,24)/t10-/m0/s1. The number of rotatable bonds is 6. The molecule has 0 radical (unpaired) electrons. The van der Waals surface area contributed by atoms with Crippen molar-refractivity contribution in [3.8, 4) is 11.5 Å². The lowest BCUT2D eigenvalue weighted by Crippen LogP contribution is -2.32. The van der Waals surface area contributed by atoms with Gasteiger partial charge in [0.05, 0.1) is 30.9 Å². The average molecular weight is 356 g/mol. The molecule has 1 atom stereocenters. The predicted octanol–water partition coefficient (Wildman–Crippen LogP) is 2.31. The van der Waals surface area contributed by atoms with Gasteiger partial charge in [-0.1, -0.05) is 0 Å². The first-order chi connectivity index (χ1) is 12.5. The molecule has 0 aliphatic heterocycles. The third-order valence-corrected chi connectivity index (χ3v) is 3.96. The molecule has 8 nitrogen and oxygen atoms in total. The second kappa shape index (κ2) is 7.22. The molecule has 0 bridgehead atoms. The minimum absolute atomic E-state index is 0.222. The van der Waals surface area contributed by atoms with E-state index in [1.54, 1.807) is 57.5 Å². The molecule has 26 heavy (non-hydrogen) atoms. The van der Waals surface area contributed by atoms with Gasteiger partial charge in [-0.15, -0.1) is 0 Å². The summed E-state index contributed by atoms with van der Waals surface area (Å²) in [6.07, 6.45) is 0. The molecule has 0 saturated carbocycles. The summed E-state index contributed by atoms with van der Waals surface area (Å²) < 4.78 is 10.5. The van der Waals surface area contributed by atoms with Gasteiger partial charge in [0.1, 0.15) is 17.5 Å². The number of aromatic amines is 2. The normalized spacial score (nSPS) is 11.8. The molecule has 0 saturated heterocycles. The maximum Gasteiger partial charge on any atom is 0.323 e. The van der Waals surface area contributed by atoms with E-state index in [9.17, 15) is 9.59 Å². The lowest BCUT2D eigenvalue weighted by Gasteiger charge is -2.18. The van der Waals surface area contributed by atoms with Crippen molar-refractivity contribution in [3.63, 3.8) is 0 Å². The second-order valence-corrected chi connectivity index (χ2v) is 5.76. The summed E-state index contributed by atoms with van der Waals surface area (Å²) in [5.74, 6) is 1.02. The maximum absolute atomic E-state index is 12.5. The number of amides is 1. The van der Waals surface area contributed by atoms with E-state index in [2.05, 4.69) is 20.6 Å². The second-order valence-electron chi connectivity index (χ2n) is 5.76. The van der Waals surface area contributed by atoms with Crippen LogP contribution in [0.1, 0.15) is 6.92 Å². The number of methoxy groups -OCH3 is 2. The summed E-state index contributed by atoms with van der Waals surface area (Å²) >= 11 is 0. The Morgan fingerprint density at radius 3 is 2.54 bits per heavy atom. The zero-order chi connectivity index (χ0) is 18.7. The van der Waals surface area contributed by atoms with E-state index in [0.717, 1.165) is 0 Å². The highest BCUT2D eigenvalue weighted by molar-refractivity contribution is 5.97. The molecule has 3 rings (SSSR count). The fraction of sp³-hybridized carbons (Fsp3) is 0.222. The van der Waals surface area contributed by atoms with Crippen molar-refractivity contribution in [2.24, 2.45) is 0 Å². The largest absolute Gasteiger partial charge is 0.497 e. The van der Waals surface area contributed by atoms with Crippen LogP contribution in [0, 0.1) is 0 Å². The zero-order valence-corrected chi connectivity index (χ0v) is 14.7. The quantitative estimate of drug-likeness (QED) is 0.542. The number of fused-ring (bicyclic) bond motifs is 1. The Morgan fingerprint density at radius 1 is 1.04 bits per heavy atom. The van der Waals surface area contributed by atoms with Crippen LogP contribution in [-0.2, 0) is 4.79 Å². The number of nitrogens with one attached hydrogen (secondary N) is 4. The Hall–Kier alpha value is -3.42. The number of H-pyrrole nitrogens is 2. The van der Waals surface area contributed by atoms with Crippen molar-refractivity contribution < 1.29 is 14.3 Å². The highest BCUT2D eigenvalue weighted by Gasteiger charge is 2.16. The third kappa shape index (κ3) is 3.64. The van der Waals surface area contributed by atoms with Crippen molar-refractivity contribution in [2.75, 3.05) is 24.9 Å². The predicted molar refractivity (Wildman–Crippen MR) is 100 cm³/mol. The van der Waals surface area contributed by atoms with Crippen molar-refractivity contribution in [3.05, 3.63) is 46.9 Å². The van der Waals surface area contributed by atoms with Crippen LogP contribution in [0.15, 0.2) is 41.2 Å². The summed E-state index contributed by atoms with van der Waals surface area (Å²) in [5.41, 5.74) is 2.30. The lowest BCUT2D eigenvalue weighted by molar-refractivity contribution is -0.116. The Labute approximate surface area is 149 Å². The first-order valence-electron chi connectivity index (χ1n) is 8.01. The van der Waals surface area contributed by atoms with Crippen LogP contribution < -0.4 is 25.8 Å². The summed E-state index contributed by atoms with van der Waals surface area (Å²) in [6, 6.07) is 9.95. The van der Waals surface area contributed by atoms with E-state index in [0.29, 0.717) is 33.9 Å². The fourth-order valence-electron chi connectivity index (χ4n) is 2.58. The van der Waals surface area contributed by atoms with Crippen LogP contribution >= 0.6 is 0 Å². The van der Waals surface area contributed by atoms with Gasteiger partial charge >= 0.3 is 5.69 Å². The molecule has 0 aliphatic rings. The molecule has 1 heterocycles. The Morgan fingerprint density at radius 2 is 1.81 bits per heavy atom. The van der Waals surface area contributed by atoms with Crippen molar-refractivity contribution in [1.82, 2.24) is 9.97 Å². The first kappa shape index (κ1) is 17.4. The number of carbonyl (C=O) groups excluding carboxylic acids is 1. The molecule has 0 unspecified atom stereocenters. The molecule has 8 heteroatoms. The number of hydrogen-bond acceptors (Lipinski definition) is 5. The molecule has 0 fully saturated rings. The van der Waals surface area contributed by atoms with Gasteiger partial charge in [0.25, 0.3) is 0 Å². The summed E-state index contributed by atoms with van der Waals surface area (Å²) in [7, 11) is 3.13. The molecule has 0 aliphatic carbocycles. The molecule has 3 aromatic rings. The number of carbonyl (C=O) groups is 1. The molecule has 1 aromatic heterocycles. The number of benzene rings is 2. The number of imidazole rings is 1. The fourth-order valence-corrected chi connectivity index (χ4v) is 2.58. The number of aromatic nitrogens is 2. The number of ether oxygens (including phenoxy) is 2. The first-order valence-corrected chi connectivity index (χ1v) is 8.01. The van der Waals surface area contributed by atoms with Gasteiger partial charge in [-0.25, -0.2) is 4.79 Å². The van der Waals surface area contributed by atoms with Gasteiger partial charge in [-0.3, -0.25) is 4.79 Å². The summed E-state index contributed by atoms with van der Waals surface area (Å²) in [5, 5.41) is 5.94. The highest BCUT2D eigenvalue weighted by atomic mass is 16.5. The minimum atomic E-state index is -0.515. The third-order valence-electron chi connectivity index (χ3n) is 3.96. The molecular weight excluding hydrogens is 336 g/mol. The minimum Gasteiger partial charge on any atom is -0.497 e. The van der Waals surface area contributed by atoms with Gasteiger partial charge < -0.3 is 30.1 Å². The molecular formula is C18H20N4O4. The van der Waals surface area contributed by atoms with E-state index in [-0.39, 0.29) is 11.6 Å². The maximum atomic E-state index is 12.5. The van der Waals surface area contributed by atoms with Crippen molar-refractivity contribution >= 4 is 28.3 Å². The van der Waals surface area contributed by atoms with E-state index < -0.39 is 6.04 Å². The SMILES string of the molecule is COc1ccc(N[C@@H](C)C(=O)Nc2ccc3[nH]c(=O)[nH]c3c2)c(OC)c1. The van der Waals surface area contributed by atoms with Crippen LogP contribution in [-0.4, -0.2) is 36.1 Å². The molecule has 136 valence electrons. The summed E-state index contributed by atoms with van der Waals surface area (Å²) in [4.78, 5) is 29.1. The Balaban J connectivity index is 1.71. The molecule has 1 amide bonds. The topological polar surface area (TPSA) is 108 Å². The van der Waals surface area contributed by atoms with Gasteiger partial charge in [-0.2, -0.15) is 0 Å². The van der Waals surface area contributed by atoms with Crippen LogP contribution in [0.25, 0.3) is 11.0 Å². The van der Waals surface area contributed by atoms with Gasteiger partial charge in [0.15, 0.2) is 0 Å². The lowest BCUT2D eigenvalue weighted by atomic mass is 10.2. The highest BCUT2D eigenvalue weighted by Crippen LogP contribution is 2.29. The number of hydrogen-bond donors (Lipinski definition) is 4. The van der Waals surface area contributed by atoms with Crippen molar-refractivity contribution in [1.29, 1.82) is 0 Å². The zero-order valence-electron chi connectivity index (χ0n) is 14.7. The van der Waals surface area contributed by atoms with Crippen molar-refractivity contribution in [2.45, 2.75) is 13.0 Å². The Kier molecular flexibility index (Phi) is 4.83. The van der Waals surface area contributed by atoms with Crippen LogP contribution in [0.4, 0.5) is 11.4 Å². The van der Waals surface area contributed by atoms with Crippen LogP contribution in [0.2, 0.25) is 0 Å². The van der Waals surface area contributed by atoms with E-state index in [1.165, 1.54) is 0 Å². The van der Waals surface area contributed by atoms with Gasteiger partial charge in [0, 0.05) is 11.8 Å². The van der Waals surface area contributed by atoms with Crippen LogP contribution in [0.5, 0.6) is 11.5 Å². The average Bonchev–Trinajstić information content (AvgIpc) is 3.01. The molecule has 0 spiro atoms.